The Kier molecular flexibility index (Phi) is 4.03. The number of hydrogen-bond donors (Lipinski definition) is 2. The Labute approximate surface area is 104 Å². The maximum atomic E-state index is 4.40. The lowest BCUT2D eigenvalue weighted by Gasteiger charge is -2.00. The molecule has 0 amide bonds. The van der Waals surface area contributed by atoms with Crippen molar-refractivity contribution < 1.29 is 0 Å². The van der Waals surface area contributed by atoms with Crippen LogP contribution in [0.15, 0.2) is 6.33 Å². The van der Waals surface area contributed by atoms with Gasteiger partial charge in [-0.25, -0.2) is 9.97 Å². The van der Waals surface area contributed by atoms with Crippen molar-refractivity contribution in [1.29, 1.82) is 0 Å². The van der Waals surface area contributed by atoms with Crippen LogP contribution in [0.2, 0.25) is 0 Å². The van der Waals surface area contributed by atoms with E-state index in [0.29, 0.717) is 5.92 Å². The number of rotatable bonds is 6. The van der Waals surface area contributed by atoms with Crippen LogP contribution in [0.5, 0.6) is 0 Å². The number of anilines is 1. The van der Waals surface area contributed by atoms with Crippen molar-refractivity contribution in [3.63, 3.8) is 0 Å². The van der Waals surface area contributed by atoms with Crippen LogP contribution >= 0.6 is 11.5 Å². The summed E-state index contributed by atoms with van der Waals surface area (Å²) in [6.45, 7) is 5.05. The van der Waals surface area contributed by atoms with Gasteiger partial charge in [0.1, 0.15) is 18.0 Å². The molecule has 17 heavy (non-hydrogen) atoms. The van der Waals surface area contributed by atoms with Crippen LogP contribution in [0.1, 0.15) is 37.8 Å². The number of aromatic amines is 1. The van der Waals surface area contributed by atoms with Crippen LogP contribution in [-0.4, -0.2) is 31.1 Å². The fourth-order valence-electron chi connectivity index (χ4n) is 1.34. The van der Waals surface area contributed by atoms with Crippen LogP contribution in [0.3, 0.4) is 0 Å². The first kappa shape index (κ1) is 12.0. The van der Waals surface area contributed by atoms with Gasteiger partial charge in [-0.1, -0.05) is 13.8 Å². The molecule has 0 radical (unpaired) electrons. The molecule has 0 saturated carbocycles. The second-order valence-corrected chi connectivity index (χ2v) is 4.83. The molecule has 6 nitrogen and oxygen atoms in total. The first-order valence-electron chi connectivity index (χ1n) is 5.67. The van der Waals surface area contributed by atoms with Gasteiger partial charge in [-0.15, -0.1) is 0 Å². The minimum absolute atomic E-state index is 0.385. The largest absolute Gasteiger partial charge is 0.360 e. The Bertz CT molecular complexity index is 435. The van der Waals surface area contributed by atoms with Gasteiger partial charge in [0.25, 0.3) is 0 Å². The summed E-state index contributed by atoms with van der Waals surface area (Å²) in [6, 6.07) is 0. The van der Waals surface area contributed by atoms with Gasteiger partial charge in [0.05, 0.1) is 0 Å². The highest BCUT2D eigenvalue weighted by atomic mass is 32.1. The minimum atomic E-state index is 0.385. The number of aryl methyl sites for hydroxylation is 1. The number of nitrogens with one attached hydrogen (secondary N) is 2. The summed E-state index contributed by atoms with van der Waals surface area (Å²) in [7, 11) is 0. The molecule has 0 aliphatic carbocycles. The molecule has 0 bridgehead atoms. The SMILES string of the molecule is CC(C)c1nsc(NCCCc2ncn[nH]2)n1. The van der Waals surface area contributed by atoms with Gasteiger partial charge in [0.2, 0.25) is 5.13 Å². The highest BCUT2D eigenvalue weighted by Crippen LogP contribution is 2.17. The van der Waals surface area contributed by atoms with E-state index >= 15 is 0 Å². The first-order chi connectivity index (χ1) is 8.25. The van der Waals surface area contributed by atoms with E-state index in [9.17, 15) is 0 Å². The summed E-state index contributed by atoms with van der Waals surface area (Å²) in [5, 5.41) is 10.8. The van der Waals surface area contributed by atoms with Gasteiger partial charge in [-0.3, -0.25) is 5.10 Å². The Hall–Kier alpha value is -1.50. The maximum Gasteiger partial charge on any atom is 0.202 e. The van der Waals surface area contributed by atoms with Crippen LogP contribution in [0, 0.1) is 0 Å². The zero-order valence-corrected chi connectivity index (χ0v) is 10.8. The number of hydrogen-bond acceptors (Lipinski definition) is 6. The van der Waals surface area contributed by atoms with Crippen LogP contribution < -0.4 is 5.32 Å². The van der Waals surface area contributed by atoms with Crippen LogP contribution in [0.4, 0.5) is 5.13 Å². The van der Waals surface area contributed by atoms with E-state index in [1.807, 2.05) is 0 Å². The minimum Gasteiger partial charge on any atom is -0.360 e. The predicted octanol–water partition coefficient (Wildman–Crippen LogP) is 1.82. The lowest BCUT2D eigenvalue weighted by atomic mass is 10.2. The molecule has 0 fully saturated rings. The number of nitrogens with zero attached hydrogens (tertiary/aromatic N) is 4. The van der Waals surface area contributed by atoms with Crippen molar-refractivity contribution >= 4 is 16.7 Å². The standard InChI is InChI=1S/C10H16N6S/c1-7(2)9-14-10(17-16-9)11-5-3-4-8-12-6-13-15-8/h6-7H,3-5H2,1-2H3,(H,11,14,16)(H,12,13,15). The highest BCUT2D eigenvalue weighted by molar-refractivity contribution is 7.09. The second-order valence-electron chi connectivity index (χ2n) is 4.07. The maximum absolute atomic E-state index is 4.40. The quantitative estimate of drug-likeness (QED) is 0.767. The number of H-pyrrole nitrogens is 1. The molecule has 2 rings (SSSR count). The zero-order valence-electron chi connectivity index (χ0n) is 9.97. The van der Waals surface area contributed by atoms with E-state index in [1.54, 1.807) is 0 Å². The second kappa shape index (κ2) is 5.72. The van der Waals surface area contributed by atoms with Gasteiger partial charge in [-0.05, 0) is 6.42 Å². The van der Waals surface area contributed by atoms with E-state index in [0.717, 1.165) is 36.2 Å². The van der Waals surface area contributed by atoms with E-state index in [4.69, 9.17) is 0 Å². The Morgan fingerprint density at radius 2 is 2.35 bits per heavy atom. The van der Waals surface area contributed by atoms with E-state index in [1.165, 1.54) is 17.9 Å². The van der Waals surface area contributed by atoms with Gasteiger partial charge < -0.3 is 5.32 Å². The lowest BCUT2D eigenvalue weighted by Crippen LogP contribution is -2.03. The molecule has 0 aliphatic rings. The summed E-state index contributed by atoms with van der Waals surface area (Å²) < 4.78 is 4.28. The van der Waals surface area contributed by atoms with E-state index < -0.39 is 0 Å². The molecular formula is C10H16N6S. The summed E-state index contributed by atoms with van der Waals surface area (Å²) in [5.41, 5.74) is 0. The molecule has 0 spiro atoms. The van der Waals surface area contributed by atoms with E-state index in [2.05, 4.69) is 43.7 Å². The van der Waals surface area contributed by atoms with Gasteiger partial charge in [0.15, 0.2) is 0 Å². The third-order valence-corrected chi connectivity index (χ3v) is 2.98. The molecule has 2 aromatic heterocycles. The molecule has 0 saturated heterocycles. The molecule has 2 heterocycles. The monoisotopic (exact) mass is 252 g/mol. The summed E-state index contributed by atoms with van der Waals surface area (Å²) in [6.07, 6.45) is 3.41. The fourth-order valence-corrected chi connectivity index (χ4v) is 2.08. The third kappa shape index (κ3) is 3.48. The molecule has 0 atom stereocenters. The molecular weight excluding hydrogens is 236 g/mol. The normalized spacial score (nSPS) is 11.0. The van der Waals surface area contributed by atoms with Crippen molar-refractivity contribution in [3.05, 3.63) is 18.0 Å². The fraction of sp³-hybridized carbons (Fsp3) is 0.600. The van der Waals surface area contributed by atoms with Crippen LogP contribution in [0.25, 0.3) is 0 Å². The smallest absolute Gasteiger partial charge is 0.202 e. The average Bonchev–Trinajstić information content (AvgIpc) is 2.96. The number of aromatic nitrogens is 5. The zero-order chi connectivity index (χ0) is 12.1. The van der Waals surface area contributed by atoms with Gasteiger partial charge >= 0.3 is 0 Å². The van der Waals surface area contributed by atoms with Crippen molar-refractivity contribution in [2.75, 3.05) is 11.9 Å². The Balaban J connectivity index is 1.71. The summed E-state index contributed by atoms with van der Waals surface area (Å²) >= 11 is 1.42. The van der Waals surface area contributed by atoms with Gasteiger partial charge in [-0.2, -0.15) is 9.47 Å². The highest BCUT2D eigenvalue weighted by Gasteiger charge is 2.06. The molecule has 0 aliphatic heterocycles. The summed E-state index contributed by atoms with van der Waals surface area (Å²) in [5.74, 6) is 2.22. The van der Waals surface area contributed by atoms with E-state index in [-0.39, 0.29) is 0 Å². The van der Waals surface area contributed by atoms with Crippen molar-refractivity contribution in [2.24, 2.45) is 0 Å². The predicted molar refractivity (Wildman–Crippen MR) is 67.2 cm³/mol. The third-order valence-electron chi connectivity index (χ3n) is 2.29. The van der Waals surface area contributed by atoms with Gasteiger partial charge in [0, 0.05) is 30.4 Å². The Morgan fingerprint density at radius 1 is 1.47 bits per heavy atom. The Morgan fingerprint density at radius 3 is 3.00 bits per heavy atom. The molecule has 0 unspecified atom stereocenters. The van der Waals surface area contributed by atoms with Crippen molar-refractivity contribution in [3.8, 4) is 0 Å². The van der Waals surface area contributed by atoms with Crippen molar-refractivity contribution in [1.82, 2.24) is 24.5 Å². The first-order valence-corrected chi connectivity index (χ1v) is 6.45. The average molecular weight is 252 g/mol. The topological polar surface area (TPSA) is 79.4 Å². The molecule has 92 valence electrons. The van der Waals surface area contributed by atoms with Crippen molar-refractivity contribution in [2.45, 2.75) is 32.6 Å². The molecule has 0 aromatic carbocycles. The molecule has 2 aromatic rings. The molecule has 7 heteroatoms. The lowest BCUT2D eigenvalue weighted by molar-refractivity contribution is 0.790. The van der Waals surface area contributed by atoms with Crippen LogP contribution in [-0.2, 0) is 6.42 Å². The summed E-state index contributed by atoms with van der Waals surface area (Å²) in [4.78, 5) is 8.47. The molecule has 2 N–H and O–H groups in total.